The van der Waals surface area contributed by atoms with E-state index in [-0.39, 0.29) is 5.25 Å². The second-order valence-electron chi connectivity index (χ2n) is 4.84. The van der Waals surface area contributed by atoms with Crippen LogP contribution in [-0.4, -0.2) is 43.7 Å². The van der Waals surface area contributed by atoms with Crippen molar-refractivity contribution in [3.8, 4) is 0 Å². The fourth-order valence-corrected chi connectivity index (χ4v) is 3.64. The number of nitrogens with two attached hydrogens (primary N) is 1. The first-order valence-electron chi connectivity index (χ1n) is 6.36. The van der Waals surface area contributed by atoms with Crippen LogP contribution in [-0.2, 0) is 16.6 Å². The van der Waals surface area contributed by atoms with Crippen LogP contribution < -0.4 is 10.5 Å². The minimum atomic E-state index is -3.18. The number of rotatable bonds is 4. The van der Waals surface area contributed by atoms with Gasteiger partial charge in [0.05, 0.1) is 5.25 Å². The molecule has 2 heterocycles. The predicted molar refractivity (Wildman–Crippen MR) is 74.9 cm³/mol. The quantitative estimate of drug-likeness (QED) is 0.823. The third kappa shape index (κ3) is 3.65. The third-order valence-corrected chi connectivity index (χ3v) is 5.27. The SMILES string of the molecule is CNS(=O)(=O)C1CCCN(Cc2ccnc(N)c2)C1. The molecule has 7 heteroatoms. The standard InChI is InChI=1S/C12H20N4O2S/c1-14-19(17,18)11-3-2-6-16(9-11)8-10-4-5-15-12(13)7-10/h4-5,7,11,14H,2-3,6,8-9H2,1H3,(H2,13,15). The number of aromatic nitrogens is 1. The normalized spacial score (nSPS) is 21.4. The summed E-state index contributed by atoms with van der Waals surface area (Å²) in [5.74, 6) is 0.494. The van der Waals surface area contributed by atoms with Gasteiger partial charge in [0.25, 0.3) is 0 Å². The van der Waals surface area contributed by atoms with E-state index in [1.807, 2.05) is 12.1 Å². The number of nitrogens with zero attached hydrogens (tertiary/aromatic N) is 2. The van der Waals surface area contributed by atoms with Gasteiger partial charge in [-0.2, -0.15) is 0 Å². The van der Waals surface area contributed by atoms with E-state index in [1.165, 1.54) is 7.05 Å². The summed E-state index contributed by atoms with van der Waals surface area (Å²) in [5, 5.41) is -0.328. The van der Waals surface area contributed by atoms with E-state index in [2.05, 4.69) is 14.6 Å². The van der Waals surface area contributed by atoms with E-state index in [0.29, 0.717) is 18.9 Å². The molecule has 1 atom stereocenters. The molecule has 0 spiro atoms. The van der Waals surface area contributed by atoms with Crippen LogP contribution in [0.2, 0.25) is 0 Å². The highest BCUT2D eigenvalue weighted by Gasteiger charge is 2.29. The van der Waals surface area contributed by atoms with Crippen LogP contribution in [0.5, 0.6) is 0 Å². The lowest BCUT2D eigenvalue weighted by atomic mass is 10.1. The van der Waals surface area contributed by atoms with Crippen molar-refractivity contribution in [3.63, 3.8) is 0 Å². The second-order valence-corrected chi connectivity index (χ2v) is 7.00. The van der Waals surface area contributed by atoms with Crippen LogP contribution in [0.4, 0.5) is 5.82 Å². The molecule has 106 valence electrons. The number of hydrogen-bond acceptors (Lipinski definition) is 5. The molecule has 0 aliphatic carbocycles. The van der Waals surface area contributed by atoms with Gasteiger partial charge in [0.1, 0.15) is 5.82 Å². The Kier molecular flexibility index (Phi) is 4.38. The first kappa shape index (κ1) is 14.2. The van der Waals surface area contributed by atoms with Gasteiger partial charge in [0.2, 0.25) is 10.0 Å². The van der Waals surface area contributed by atoms with Crippen LogP contribution in [0.3, 0.4) is 0 Å². The number of sulfonamides is 1. The number of piperidine rings is 1. The monoisotopic (exact) mass is 284 g/mol. The molecule has 1 unspecified atom stereocenters. The van der Waals surface area contributed by atoms with Crippen LogP contribution >= 0.6 is 0 Å². The summed E-state index contributed by atoms with van der Waals surface area (Å²) < 4.78 is 26.1. The van der Waals surface area contributed by atoms with Crippen molar-refractivity contribution in [2.24, 2.45) is 0 Å². The van der Waals surface area contributed by atoms with Crippen molar-refractivity contribution < 1.29 is 8.42 Å². The molecule has 1 aromatic rings. The molecule has 2 rings (SSSR count). The van der Waals surface area contributed by atoms with Gasteiger partial charge < -0.3 is 5.73 Å². The Balaban J connectivity index is 2.02. The lowest BCUT2D eigenvalue weighted by Gasteiger charge is -2.32. The summed E-state index contributed by atoms with van der Waals surface area (Å²) in [7, 11) is -1.71. The van der Waals surface area contributed by atoms with Gasteiger partial charge in [-0.15, -0.1) is 0 Å². The van der Waals surface area contributed by atoms with Gasteiger partial charge in [-0.25, -0.2) is 18.1 Å². The van der Waals surface area contributed by atoms with Crippen molar-refractivity contribution in [1.82, 2.24) is 14.6 Å². The zero-order valence-corrected chi connectivity index (χ0v) is 11.9. The summed E-state index contributed by atoms with van der Waals surface area (Å²) in [6.45, 7) is 2.19. The Labute approximate surface area is 114 Å². The number of anilines is 1. The van der Waals surface area contributed by atoms with Crippen molar-refractivity contribution in [2.75, 3.05) is 25.9 Å². The molecule has 1 saturated heterocycles. The van der Waals surface area contributed by atoms with Gasteiger partial charge >= 0.3 is 0 Å². The summed E-state index contributed by atoms with van der Waals surface area (Å²) in [6, 6.07) is 3.74. The van der Waals surface area contributed by atoms with E-state index in [1.54, 1.807) is 6.20 Å². The van der Waals surface area contributed by atoms with E-state index in [0.717, 1.165) is 24.9 Å². The average molecular weight is 284 g/mol. The summed E-state index contributed by atoms with van der Waals surface area (Å²) >= 11 is 0. The molecule has 0 bridgehead atoms. The molecular formula is C12H20N4O2S. The Morgan fingerprint density at radius 2 is 2.37 bits per heavy atom. The topological polar surface area (TPSA) is 88.3 Å². The maximum atomic E-state index is 11.8. The van der Waals surface area contributed by atoms with E-state index < -0.39 is 10.0 Å². The predicted octanol–water partition coefficient (Wildman–Crippen LogP) is 0.177. The van der Waals surface area contributed by atoms with E-state index in [4.69, 9.17) is 5.73 Å². The lowest BCUT2D eigenvalue weighted by molar-refractivity contribution is 0.222. The van der Waals surface area contributed by atoms with Crippen molar-refractivity contribution in [3.05, 3.63) is 23.9 Å². The molecule has 3 N–H and O–H groups in total. The van der Waals surface area contributed by atoms with Gasteiger partial charge in [0, 0.05) is 19.3 Å². The molecule has 1 aliphatic heterocycles. The Bertz CT molecular complexity index is 532. The molecule has 0 amide bonds. The zero-order chi connectivity index (χ0) is 13.9. The molecule has 1 fully saturated rings. The number of nitrogens with one attached hydrogen (secondary N) is 1. The van der Waals surface area contributed by atoms with Crippen LogP contribution in [0.25, 0.3) is 0 Å². The molecule has 6 nitrogen and oxygen atoms in total. The number of nitrogen functional groups attached to an aromatic ring is 1. The Morgan fingerprint density at radius 3 is 3.05 bits per heavy atom. The minimum Gasteiger partial charge on any atom is -0.384 e. The molecule has 0 radical (unpaired) electrons. The van der Waals surface area contributed by atoms with Crippen molar-refractivity contribution in [1.29, 1.82) is 0 Å². The van der Waals surface area contributed by atoms with Crippen LogP contribution in [0.1, 0.15) is 18.4 Å². The van der Waals surface area contributed by atoms with Gasteiger partial charge in [-0.3, -0.25) is 4.90 Å². The van der Waals surface area contributed by atoms with Crippen LogP contribution in [0.15, 0.2) is 18.3 Å². The molecule has 19 heavy (non-hydrogen) atoms. The maximum Gasteiger partial charge on any atom is 0.215 e. The largest absolute Gasteiger partial charge is 0.384 e. The summed E-state index contributed by atoms with van der Waals surface area (Å²) in [4.78, 5) is 6.10. The van der Waals surface area contributed by atoms with E-state index in [9.17, 15) is 8.42 Å². The number of pyridine rings is 1. The maximum absolute atomic E-state index is 11.8. The second kappa shape index (κ2) is 5.85. The van der Waals surface area contributed by atoms with E-state index >= 15 is 0 Å². The molecule has 0 aromatic carbocycles. The number of likely N-dealkylation sites (tertiary alicyclic amines) is 1. The average Bonchev–Trinajstić information content (AvgIpc) is 2.39. The van der Waals surface area contributed by atoms with Crippen LogP contribution in [0, 0.1) is 0 Å². The van der Waals surface area contributed by atoms with Gasteiger partial charge in [-0.1, -0.05) is 0 Å². The molecule has 0 saturated carbocycles. The van der Waals surface area contributed by atoms with Crippen molar-refractivity contribution >= 4 is 15.8 Å². The van der Waals surface area contributed by atoms with Crippen molar-refractivity contribution in [2.45, 2.75) is 24.6 Å². The fraction of sp³-hybridized carbons (Fsp3) is 0.583. The highest BCUT2D eigenvalue weighted by Crippen LogP contribution is 2.18. The first-order valence-corrected chi connectivity index (χ1v) is 7.91. The highest BCUT2D eigenvalue weighted by molar-refractivity contribution is 7.90. The zero-order valence-electron chi connectivity index (χ0n) is 11.0. The molecule has 1 aromatic heterocycles. The van der Waals surface area contributed by atoms with Gasteiger partial charge in [0.15, 0.2) is 0 Å². The third-order valence-electron chi connectivity index (χ3n) is 3.44. The van der Waals surface area contributed by atoms with Gasteiger partial charge in [-0.05, 0) is 44.1 Å². The smallest absolute Gasteiger partial charge is 0.215 e. The lowest BCUT2D eigenvalue weighted by Crippen LogP contribution is -2.45. The summed E-state index contributed by atoms with van der Waals surface area (Å²) in [6.07, 6.45) is 3.29. The number of hydrogen-bond donors (Lipinski definition) is 2. The minimum absolute atomic E-state index is 0.328. The highest BCUT2D eigenvalue weighted by atomic mass is 32.2. The summed E-state index contributed by atoms with van der Waals surface area (Å²) in [5.41, 5.74) is 6.71. The Hall–Kier alpha value is -1.18. The first-order chi connectivity index (χ1) is 9.01. The molecule has 1 aliphatic rings. The Morgan fingerprint density at radius 1 is 1.58 bits per heavy atom. The fourth-order valence-electron chi connectivity index (χ4n) is 2.43. The molecular weight excluding hydrogens is 264 g/mol.